The zero-order valence-corrected chi connectivity index (χ0v) is 11.1. The summed E-state index contributed by atoms with van der Waals surface area (Å²) in [7, 11) is 3.66. The van der Waals surface area contributed by atoms with E-state index in [0.29, 0.717) is 5.92 Å². The molecule has 3 heteroatoms. The Morgan fingerprint density at radius 2 is 2.06 bits per heavy atom. The average molecular weight is 242 g/mol. The van der Waals surface area contributed by atoms with Crippen molar-refractivity contribution in [2.45, 2.75) is 25.7 Å². The molecule has 0 bridgehead atoms. The van der Waals surface area contributed by atoms with E-state index >= 15 is 0 Å². The van der Waals surface area contributed by atoms with Gasteiger partial charge in [0, 0.05) is 29.7 Å². The van der Waals surface area contributed by atoms with Crippen LogP contribution in [0.1, 0.15) is 30.0 Å². The molecule has 18 heavy (non-hydrogen) atoms. The lowest BCUT2D eigenvalue weighted by molar-refractivity contribution is 0.415. The normalized spacial score (nSPS) is 14.8. The lowest BCUT2D eigenvalue weighted by Crippen LogP contribution is -1.97. The highest BCUT2D eigenvalue weighted by molar-refractivity contribution is 5.94. The molecule has 0 unspecified atom stereocenters. The largest absolute Gasteiger partial charge is 0.497 e. The second kappa shape index (κ2) is 4.16. The van der Waals surface area contributed by atoms with Gasteiger partial charge in [-0.2, -0.15) is 0 Å². The molecule has 0 atom stereocenters. The number of fused-ring (bicyclic) bond motifs is 1. The van der Waals surface area contributed by atoms with Crippen molar-refractivity contribution >= 4 is 16.6 Å². The minimum Gasteiger partial charge on any atom is -0.497 e. The number of ether oxygens (including phenoxy) is 1. The number of nitrogens with one attached hydrogen (secondary N) is 1. The standard InChI is InChI=1S/C15H18N2O/c1-9-6-11(18-3)7-12-14(16-2)8-13(10-4-5-10)17-15(9)12/h6-8,10H,4-5H2,1-3H3,(H,16,17). The predicted molar refractivity (Wildman–Crippen MR) is 74.6 cm³/mol. The summed E-state index contributed by atoms with van der Waals surface area (Å²) < 4.78 is 5.34. The Kier molecular flexibility index (Phi) is 2.62. The Bertz CT molecular complexity index is 603. The first kappa shape index (κ1) is 11.3. The number of rotatable bonds is 3. The molecule has 1 N–H and O–H groups in total. The van der Waals surface area contributed by atoms with Crippen LogP contribution < -0.4 is 10.1 Å². The van der Waals surface area contributed by atoms with Crippen LogP contribution in [0.25, 0.3) is 10.9 Å². The molecule has 1 fully saturated rings. The number of methoxy groups -OCH3 is 1. The number of hydrogen-bond acceptors (Lipinski definition) is 3. The minimum atomic E-state index is 0.669. The number of benzene rings is 1. The molecular weight excluding hydrogens is 224 g/mol. The van der Waals surface area contributed by atoms with Gasteiger partial charge in [-0.3, -0.25) is 4.98 Å². The highest BCUT2D eigenvalue weighted by Gasteiger charge is 2.26. The molecule has 1 aromatic carbocycles. The van der Waals surface area contributed by atoms with Crippen LogP contribution in [0.4, 0.5) is 5.69 Å². The Hall–Kier alpha value is -1.77. The molecule has 1 aliphatic rings. The van der Waals surface area contributed by atoms with Crippen LogP contribution in [0.5, 0.6) is 5.75 Å². The first-order valence-electron chi connectivity index (χ1n) is 6.40. The van der Waals surface area contributed by atoms with Crippen LogP contribution in [0.15, 0.2) is 18.2 Å². The monoisotopic (exact) mass is 242 g/mol. The van der Waals surface area contributed by atoms with E-state index in [1.54, 1.807) is 7.11 Å². The van der Waals surface area contributed by atoms with Crippen molar-refractivity contribution in [3.05, 3.63) is 29.5 Å². The summed E-state index contributed by atoms with van der Waals surface area (Å²) in [5, 5.41) is 4.41. The predicted octanol–water partition coefficient (Wildman–Crippen LogP) is 3.47. The molecule has 2 aromatic rings. The molecule has 3 rings (SSSR count). The maximum absolute atomic E-state index is 5.34. The van der Waals surface area contributed by atoms with Gasteiger partial charge in [-0.15, -0.1) is 0 Å². The average Bonchev–Trinajstić information content (AvgIpc) is 3.22. The topological polar surface area (TPSA) is 34.2 Å². The number of aryl methyl sites for hydroxylation is 1. The van der Waals surface area contributed by atoms with Crippen molar-refractivity contribution in [1.82, 2.24) is 4.98 Å². The van der Waals surface area contributed by atoms with Crippen molar-refractivity contribution in [3.8, 4) is 5.75 Å². The summed E-state index contributed by atoms with van der Waals surface area (Å²) in [6, 6.07) is 6.28. The Labute approximate surface area is 107 Å². The van der Waals surface area contributed by atoms with Crippen LogP contribution in [0.2, 0.25) is 0 Å². The fraction of sp³-hybridized carbons (Fsp3) is 0.400. The Balaban J connectivity index is 2.27. The van der Waals surface area contributed by atoms with Crippen molar-refractivity contribution in [2.75, 3.05) is 19.5 Å². The molecule has 0 spiro atoms. The van der Waals surface area contributed by atoms with Crippen LogP contribution in [-0.4, -0.2) is 19.1 Å². The van der Waals surface area contributed by atoms with Crippen molar-refractivity contribution < 1.29 is 4.74 Å². The molecule has 1 heterocycles. The van der Waals surface area contributed by atoms with Gasteiger partial charge in [-0.05, 0) is 43.5 Å². The maximum Gasteiger partial charge on any atom is 0.119 e. The number of hydrogen-bond donors (Lipinski definition) is 1. The first-order valence-corrected chi connectivity index (χ1v) is 6.40. The molecule has 0 radical (unpaired) electrons. The molecule has 1 saturated carbocycles. The van der Waals surface area contributed by atoms with Crippen LogP contribution in [-0.2, 0) is 0 Å². The van der Waals surface area contributed by atoms with E-state index in [1.165, 1.54) is 24.1 Å². The molecule has 0 aliphatic heterocycles. The lowest BCUT2D eigenvalue weighted by Gasteiger charge is -2.12. The summed E-state index contributed by atoms with van der Waals surface area (Å²) in [5.41, 5.74) is 4.62. The van der Waals surface area contributed by atoms with E-state index in [4.69, 9.17) is 9.72 Å². The van der Waals surface area contributed by atoms with Crippen molar-refractivity contribution in [3.63, 3.8) is 0 Å². The van der Waals surface area contributed by atoms with Gasteiger partial charge >= 0.3 is 0 Å². The van der Waals surface area contributed by atoms with E-state index in [0.717, 1.165) is 22.3 Å². The summed E-state index contributed by atoms with van der Waals surface area (Å²) in [5.74, 6) is 1.56. The second-order valence-electron chi connectivity index (χ2n) is 4.96. The molecule has 0 saturated heterocycles. The van der Waals surface area contributed by atoms with Gasteiger partial charge in [0.15, 0.2) is 0 Å². The number of pyridine rings is 1. The number of nitrogens with zero attached hydrogens (tertiary/aromatic N) is 1. The van der Waals surface area contributed by atoms with Gasteiger partial charge in [0.1, 0.15) is 5.75 Å². The van der Waals surface area contributed by atoms with Crippen LogP contribution in [0, 0.1) is 6.92 Å². The first-order chi connectivity index (χ1) is 8.72. The highest BCUT2D eigenvalue weighted by Crippen LogP contribution is 2.41. The summed E-state index contributed by atoms with van der Waals surface area (Å²) in [6.07, 6.45) is 2.55. The van der Waals surface area contributed by atoms with Gasteiger partial charge in [-0.1, -0.05) is 0 Å². The zero-order valence-electron chi connectivity index (χ0n) is 11.1. The van der Waals surface area contributed by atoms with Gasteiger partial charge in [0.2, 0.25) is 0 Å². The van der Waals surface area contributed by atoms with Gasteiger partial charge < -0.3 is 10.1 Å². The molecule has 1 aliphatic carbocycles. The second-order valence-corrected chi connectivity index (χ2v) is 4.96. The van der Waals surface area contributed by atoms with Gasteiger partial charge in [0.25, 0.3) is 0 Å². The minimum absolute atomic E-state index is 0.669. The third-order valence-corrected chi connectivity index (χ3v) is 3.60. The van der Waals surface area contributed by atoms with Crippen molar-refractivity contribution in [2.24, 2.45) is 0 Å². The third-order valence-electron chi connectivity index (χ3n) is 3.60. The zero-order chi connectivity index (χ0) is 12.7. The van der Waals surface area contributed by atoms with E-state index in [2.05, 4.69) is 24.4 Å². The number of aromatic nitrogens is 1. The summed E-state index contributed by atoms with van der Waals surface area (Å²) in [6.45, 7) is 2.09. The number of anilines is 1. The molecule has 1 aromatic heterocycles. The highest BCUT2D eigenvalue weighted by atomic mass is 16.5. The Morgan fingerprint density at radius 1 is 1.28 bits per heavy atom. The molecule has 94 valence electrons. The van der Waals surface area contributed by atoms with E-state index in [1.807, 2.05) is 13.1 Å². The SMILES string of the molecule is CNc1cc(C2CC2)nc2c(C)cc(OC)cc12. The fourth-order valence-corrected chi connectivity index (χ4v) is 2.40. The molecular formula is C15H18N2O. The molecule has 3 nitrogen and oxygen atoms in total. The van der Waals surface area contributed by atoms with Gasteiger partial charge in [0.05, 0.1) is 12.6 Å². The van der Waals surface area contributed by atoms with E-state index < -0.39 is 0 Å². The molecule has 0 amide bonds. The Morgan fingerprint density at radius 3 is 2.67 bits per heavy atom. The lowest BCUT2D eigenvalue weighted by atomic mass is 10.1. The van der Waals surface area contributed by atoms with E-state index in [-0.39, 0.29) is 0 Å². The third kappa shape index (κ3) is 1.80. The fourth-order valence-electron chi connectivity index (χ4n) is 2.40. The van der Waals surface area contributed by atoms with E-state index in [9.17, 15) is 0 Å². The quantitative estimate of drug-likeness (QED) is 0.894. The smallest absolute Gasteiger partial charge is 0.119 e. The van der Waals surface area contributed by atoms with Crippen LogP contribution in [0.3, 0.4) is 0 Å². The summed E-state index contributed by atoms with van der Waals surface area (Å²) >= 11 is 0. The maximum atomic E-state index is 5.34. The van der Waals surface area contributed by atoms with Crippen molar-refractivity contribution in [1.29, 1.82) is 0 Å². The van der Waals surface area contributed by atoms with Gasteiger partial charge in [-0.25, -0.2) is 0 Å². The van der Waals surface area contributed by atoms with Crippen LogP contribution >= 0.6 is 0 Å². The summed E-state index contributed by atoms with van der Waals surface area (Å²) in [4.78, 5) is 4.83.